The van der Waals surface area contributed by atoms with Gasteiger partial charge >= 0.3 is 85.9 Å². The number of unbranched alkanes of at least 4 members (excludes halogenated alkanes) is 2. The number of rotatable bonds is 7. The molecule has 0 radical (unpaired) electrons. The van der Waals surface area contributed by atoms with Crippen molar-refractivity contribution in [2.45, 2.75) is 26.2 Å². The Morgan fingerprint density at radius 1 is 1.38 bits per heavy atom. The molecule has 0 aliphatic heterocycles. The number of allylic oxidation sites excluding steroid dienone is 1. The van der Waals surface area contributed by atoms with Gasteiger partial charge in [-0.1, -0.05) is 0 Å². The molecule has 0 saturated carbocycles. The van der Waals surface area contributed by atoms with E-state index in [2.05, 4.69) is 6.92 Å². The molecular weight excluding hydrogens is 254 g/mol. The molecule has 0 spiro atoms. The van der Waals surface area contributed by atoms with Gasteiger partial charge in [-0.05, 0) is 0 Å². The molecule has 0 amide bonds. The number of hydrogen-bond donors (Lipinski definition) is 0. The third-order valence-electron chi connectivity index (χ3n) is 1.46. The van der Waals surface area contributed by atoms with E-state index in [4.69, 9.17) is 9.05 Å². The van der Waals surface area contributed by atoms with Crippen molar-refractivity contribution in [2.75, 3.05) is 14.2 Å². The molecule has 0 heterocycles. The van der Waals surface area contributed by atoms with Crippen molar-refractivity contribution in [3.05, 3.63) is 11.1 Å². The molecule has 0 aliphatic rings. The van der Waals surface area contributed by atoms with E-state index in [1.807, 2.05) is 11.1 Å². The van der Waals surface area contributed by atoms with Crippen molar-refractivity contribution in [3.63, 3.8) is 0 Å². The molecule has 0 aliphatic carbocycles. The molecule has 0 aromatic carbocycles. The fourth-order valence-electron chi connectivity index (χ4n) is 0.668. The van der Waals surface area contributed by atoms with Gasteiger partial charge < -0.3 is 0 Å². The van der Waals surface area contributed by atoms with Gasteiger partial charge in [0.15, 0.2) is 0 Å². The summed E-state index contributed by atoms with van der Waals surface area (Å²) in [7, 11) is 2.85. The normalized spacial score (nSPS) is 12.5. The van der Waals surface area contributed by atoms with Crippen LogP contribution in [0.3, 0.4) is 0 Å². The molecule has 13 heavy (non-hydrogen) atoms. The maximum absolute atomic E-state index is 11.5. The summed E-state index contributed by atoms with van der Waals surface area (Å²) < 4.78 is 21.1. The van der Waals surface area contributed by atoms with Crippen molar-refractivity contribution < 1.29 is 13.6 Å². The summed E-state index contributed by atoms with van der Waals surface area (Å²) >= 11 is -0.190. The van der Waals surface area contributed by atoms with E-state index in [1.165, 1.54) is 27.1 Å². The molecule has 0 unspecified atom stereocenters. The van der Waals surface area contributed by atoms with Crippen LogP contribution in [0, 0.1) is 0 Å². The molecule has 0 saturated heterocycles. The van der Waals surface area contributed by atoms with Gasteiger partial charge in [0.05, 0.1) is 0 Å². The van der Waals surface area contributed by atoms with E-state index >= 15 is 0 Å². The SMILES string of the molecule is CCCC/C=C\[Se]P(=O)(OC)OC. The van der Waals surface area contributed by atoms with Gasteiger partial charge in [0.25, 0.3) is 0 Å². The summed E-state index contributed by atoms with van der Waals surface area (Å²) in [6.07, 6.45) is 2.70. The van der Waals surface area contributed by atoms with Crippen LogP contribution in [0.2, 0.25) is 0 Å². The van der Waals surface area contributed by atoms with Crippen LogP contribution < -0.4 is 0 Å². The third-order valence-corrected chi connectivity index (χ3v) is 7.40. The Hall–Kier alpha value is 0.409. The molecule has 5 heteroatoms. The Labute approximate surface area is 86.2 Å². The van der Waals surface area contributed by atoms with E-state index in [1.54, 1.807) is 0 Å². The predicted molar refractivity (Wildman–Crippen MR) is 56.0 cm³/mol. The average Bonchev–Trinajstić information content (AvgIpc) is 2.17. The van der Waals surface area contributed by atoms with Crippen molar-refractivity contribution in [1.82, 2.24) is 0 Å². The molecule has 0 aromatic heterocycles. The second-order valence-corrected chi connectivity index (χ2v) is 8.98. The van der Waals surface area contributed by atoms with Gasteiger partial charge in [0.1, 0.15) is 0 Å². The van der Waals surface area contributed by atoms with Gasteiger partial charge in [0, 0.05) is 0 Å². The van der Waals surface area contributed by atoms with Crippen LogP contribution in [0.1, 0.15) is 26.2 Å². The van der Waals surface area contributed by atoms with Crippen molar-refractivity contribution >= 4 is 20.8 Å². The van der Waals surface area contributed by atoms with Crippen LogP contribution in [-0.4, -0.2) is 28.7 Å². The maximum atomic E-state index is 11.5. The van der Waals surface area contributed by atoms with Gasteiger partial charge in [-0.15, -0.1) is 0 Å². The van der Waals surface area contributed by atoms with Gasteiger partial charge in [-0.2, -0.15) is 0 Å². The summed E-state index contributed by atoms with van der Waals surface area (Å²) in [6.45, 7) is 2.15. The van der Waals surface area contributed by atoms with E-state index in [0.29, 0.717) is 0 Å². The van der Waals surface area contributed by atoms with Crippen LogP contribution in [0.4, 0.5) is 0 Å². The molecule has 3 nitrogen and oxygen atoms in total. The predicted octanol–water partition coefficient (Wildman–Crippen LogP) is 2.80. The summed E-state index contributed by atoms with van der Waals surface area (Å²) in [4.78, 5) is 1.93. The quantitative estimate of drug-likeness (QED) is 0.406. The molecule has 0 bridgehead atoms. The van der Waals surface area contributed by atoms with Crippen LogP contribution in [-0.2, 0) is 13.6 Å². The van der Waals surface area contributed by atoms with Gasteiger partial charge in [0.2, 0.25) is 0 Å². The molecule has 0 aromatic rings. The molecular formula is C8H17O3PSe. The van der Waals surface area contributed by atoms with Crippen LogP contribution >= 0.6 is 6.29 Å². The Morgan fingerprint density at radius 3 is 2.46 bits per heavy atom. The zero-order chi connectivity index (χ0) is 10.2. The van der Waals surface area contributed by atoms with E-state index < -0.39 is 6.29 Å². The zero-order valence-corrected chi connectivity index (χ0v) is 11.0. The standard InChI is InChI=1S/C8H17O3PSe/c1-4-5-6-7-8-13-12(9,10-2)11-3/h7-8H,4-6H2,1-3H3/b8-7-. The van der Waals surface area contributed by atoms with E-state index in [-0.39, 0.29) is 14.5 Å². The summed E-state index contributed by atoms with van der Waals surface area (Å²) in [5.74, 6) is 0. The molecule has 0 rings (SSSR count). The van der Waals surface area contributed by atoms with E-state index in [0.717, 1.165) is 6.42 Å². The Kier molecular flexibility index (Phi) is 8.03. The molecule has 0 N–H and O–H groups in total. The average molecular weight is 271 g/mol. The first kappa shape index (κ1) is 13.4. The van der Waals surface area contributed by atoms with Gasteiger partial charge in [-0.3, -0.25) is 0 Å². The summed E-state index contributed by atoms with van der Waals surface area (Å²) in [5.41, 5.74) is 0. The van der Waals surface area contributed by atoms with Crippen LogP contribution in [0.5, 0.6) is 0 Å². The second kappa shape index (κ2) is 7.78. The number of hydrogen-bond acceptors (Lipinski definition) is 3. The first-order valence-corrected chi connectivity index (χ1v) is 8.98. The topological polar surface area (TPSA) is 35.5 Å². The van der Waals surface area contributed by atoms with E-state index in [9.17, 15) is 4.57 Å². The van der Waals surface area contributed by atoms with Gasteiger partial charge in [-0.25, -0.2) is 0 Å². The summed E-state index contributed by atoms with van der Waals surface area (Å²) in [5, 5.41) is 0. The third kappa shape index (κ3) is 6.48. The first-order chi connectivity index (χ1) is 6.18. The Balaban J connectivity index is 3.72. The Bertz CT molecular complexity index is 186. The monoisotopic (exact) mass is 272 g/mol. The van der Waals surface area contributed by atoms with Crippen molar-refractivity contribution in [1.29, 1.82) is 0 Å². The second-order valence-electron chi connectivity index (χ2n) is 2.43. The minimum atomic E-state index is -2.75. The first-order valence-electron chi connectivity index (χ1n) is 4.23. The summed E-state index contributed by atoms with van der Waals surface area (Å²) in [6, 6.07) is 0. The molecule has 0 atom stereocenters. The molecule has 0 fully saturated rings. The zero-order valence-electron chi connectivity index (χ0n) is 8.36. The van der Waals surface area contributed by atoms with Crippen LogP contribution in [0.15, 0.2) is 11.1 Å². The fourth-order valence-corrected chi connectivity index (χ4v) is 4.07. The fraction of sp³-hybridized carbons (Fsp3) is 0.750. The minimum absolute atomic E-state index is 0.190. The van der Waals surface area contributed by atoms with Crippen LogP contribution in [0.25, 0.3) is 0 Å². The van der Waals surface area contributed by atoms with Crippen molar-refractivity contribution in [3.8, 4) is 0 Å². The van der Waals surface area contributed by atoms with Crippen molar-refractivity contribution in [2.24, 2.45) is 0 Å². The molecule has 78 valence electrons. The Morgan fingerprint density at radius 2 is 2.00 bits per heavy atom.